The number of nitrogens with zero attached hydrogens (tertiary/aromatic N) is 5. The minimum Gasteiger partial charge on any atom is -0.366 e. The van der Waals surface area contributed by atoms with Crippen LogP contribution in [0.25, 0.3) is 72.5 Å². The van der Waals surface area contributed by atoms with Gasteiger partial charge in [-0.25, -0.2) is 0 Å². The largest absolute Gasteiger partial charge is 0.366 e. The van der Waals surface area contributed by atoms with Crippen LogP contribution in [0.1, 0.15) is 63.0 Å². The molecule has 10 rings (SSSR count). The normalized spacial score (nSPS) is 13.6. The van der Waals surface area contributed by atoms with E-state index in [-0.39, 0.29) is 75.6 Å². The molecule has 1 radical (unpaired) electrons. The zero-order valence-corrected chi connectivity index (χ0v) is 33.3. The Kier molecular flexibility index (Phi) is 7.70. The molecule has 5 nitrogen and oxygen atoms in total. The summed E-state index contributed by atoms with van der Waals surface area (Å²) in [7, 11) is 0. The Morgan fingerprint density at radius 2 is 1.20 bits per heavy atom. The number of rotatable bonds is 6. The van der Waals surface area contributed by atoms with E-state index >= 15 is 0 Å². The van der Waals surface area contributed by atoms with Gasteiger partial charge in [-0.15, -0.1) is 0 Å². The second-order valence-electron chi connectivity index (χ2n) is 14.0. The van der Waals surface area contributed by atoms with Crippen molar-refractivity contribution in [3.63, 3.8) is 0 Å². The van der Waals surface area contributed by atoms with E-state index in [1.807, 2.05) is 65.2 Å². The smallest absolute Gasteiger partial charge is 0.269 e. The average molecular weight is 919 g/mol. The third-order valence-electron chi connectivity index (χ3n) is 9.88. The maximum Gasteiger partial charge on any atom is 0.269 e. The van der Waals surface area contributed by atoms with Crippen LogP contribution < -0.4 is 9.55 Å². The first kappa shape index (κ1) is 27.6. The minimum absolute atomic E-state index is 0. The Morgan fingerprint density at radius 1 is 0.607 bits per heavy atom. The number of para-hydroxylation sites is 8. The van der Waals surface area contributed by atoms with Crippen molar-refractivity contribution < 1.29 is 39.3 Å². The van der Waals surface area contributed by atoms with Crippen LogP contribution in [-0.4, -0.2) is 14.0 Å². The van der Waals surface area contributed by atoms with Crippen LogP contribution in [0, 0.1) is 6.33 Å². The third kappa shape index (κ3) is 6.58. The van der Waals surface area contributed by atoms with E-state index in [4.69, 9.17) is 12.3 Å². The van der Waals surface area contributed by atoms with E-state index in [1.54, 1.807) is 22.8 Å². The Morgan fingerprint density at radius 3 is 1.93 bits per heavy atom. The van der Waals surface area contributed by atoms with Gasteiger partial charge in [-0.3, -0.25) is 9.13 Å². The Labute approximate surface area is 356 Å². The molecule has 6 heteroatoms. The molecule has 0 aliphatic heterocycles. The first-order valence-electron chi connectivity index (χ1n) is 22.8. The van der Waals surface area contributed by atoms with Crippen molar-refractivity contribution in [1.82, 2.24) is 18.9 Å². The molecule has 0 amide bonds. The average Bonchev–Trinajstić information content (AvgIpc) is 3.98. The van der Waals surface area contributed by atoms with Gasteiger partial charge in [0.05, 0.1) is 34.7 Å². The molecule has 3 aromatic heterocycles. The summed E-state index contributed by atoms with van der Waals surface area (Å²) in [6.07, 6.45) is 3.56. The summed E-state index contributed by atoms with van der Waals surface area (Å²) in [4.78, 5) is 9.01. The number of aromatic nitrogens is 5. The predicted molar refractivity (Wildman–Crippen MR) is 226 cm³/mol. The van der Waals surface area contributed by atoms with Crippen LogP contribution in [0.5, 0.6) is 0 Å². The van der Waals surface area contributed by atoms with Gasteiger partial charge < -0.3 is 14.4 Å². The van der Waals surface area contributed by atoms with E-state index in [0.717, 1.165) is 50.2 Å². The molecule has 0 aliphatic carbocycles. The molecule has 7 aromatic carbocycles. The van der Waals surface area contributed by atoms with Gasteiger partial charge >= 0.3 is 0 Å². The summed E-state index contributed by atoms with van der Waals surface area (Å²) >= 11 is 0. The van der Waals surface area contributed by atoms with Crippen LogP contribution in [0.3, 0.4) is 0 Å². The molecule has 0 spiro atoms. The van der Waals surface area contributed by atoms with E-state index in [2.05, 4.69) is 78.7 Å². The maximum absolute atomic E-state index is 8.88. The van der Waals surface area contributed by atoms with Gasteiger partial charge in [-0.1, -0.05) is 197 Å². The summed E-state index contributed by atoms with van der Waals surface area (Å²) in [5, 5.41) is 0. The van der Waals surface area contributed by atoms with Crippen LogP contribution >= 0.6 is 0 Å². The Bertz CT molecular complexity index is 3360. The molecule has 10 aromatic rings. The first-order chi connectivity index (χ1) is 30.7. The molecule has 0 unspecified atom stereocenters. The number of benzene rings is 7. The van der Waals surface area contributed by atoms with Crippen molar-refractivity contribution in [3.05, 3.63) is 187 Å². The topological polar surface area (TPSA) is 40.2 Å². The summed E-state index contributed by atoms with van der Waals surface area (Å²) in [5.74, 6) is 1.13. The van der Waals surface area contributed by atoms with Crippen LogP contribution in [-0.2, 0) is 22.4 Å². The second-order valence-corrected chi connectivity index (χ2v) is 14.0. The Balaban J connectivity index is 0.000000280. The monoisotopic (exact) mass is 918 g/mol. The number of hydrogen-bond donors (Lipinski definition) is 0. The standard InChI is InChI=1S/C37H34N2.C13H8N3.Au/c1-26(2)30-19-13-20-31(27(3)4)36(30)38-25-39(35-24-12-11-23-34(35)38)37-32(28-15-7-5-8-16-28)21-14-22-33(37)29-17-9-6-10-18-29;1-3-7-11-9(5-1)14-13-15-10-6-2-4-8-12(10)16(11)13;/h5-24,26-27H,1-4H3;1-8H;/q;-1;/i5D,6D,7D,8D,9D,10D,15D,16D,17D;;. The number of hydrogen-bond acceptors (Lipinski definition) is 1. The fourth-order valence-electron chi connectivity index (χ4n) is 7.35. The molecule has 0 atom stereocenters. The molecule has 56 heavy (non-hydrogen) atoms. The van der Waals surface area contributed by atoms with Gasteiger partial charge in [0.25, 0.3) is 6.33 Å². The van der Waals surface area contributed by atoms with E-state index < -0.39 is 24.2 Å². The molecule has 0 N–H and O–H groups in total. The van der Waals surface area contributed by atoms with E-state index in [0.29, 0.717) is 22.3 Å². The fraction of sp³-hybridized carbons (Fsp3) is 0.120. The van der Waals surface area contributed by atoms with Crippen molar-refractivity contribution in [3.8, 4) is 33.6 Å². The second kappa shape index (κ2) is 15.6. The quantitative estimate of drug-likeness (QED) is 0.0947. The van der Waals surface area contributed by atoms with Gasteiger partial charge in [0.15, 0.2) is 0 Å². The van der Waals surface area contributed by atoms with Crippen molar-refractivity contribution >= 4 is 38.9 Å². The SMILES string of the molecule is [2H]c1cc(-c2cccc(-c3c([2H])c([2H])c([2H])c([2H])c3[2H])c2-[n+]2[c-]n(-c3c(C(C)C)cccc3C(C)C)c3ccccc32)c([2H])c([2H])c1[2H].[Au].c1ccc2c(c1)nc1[n-]c3ccccc3n12. The summed E-state index contributed by atoms with van der Waals surface area (Å²) in [6, 6.07) is 33.1. The fourth-order valence-corrected chi connectivity index (χ4v) is 7.35. The molecule has 0 saturated heterocycles. The van der Waals surface area contributed by atoms with Crippen LogP contribution in [0.4, 0.5) is 0 Å². The minimum atomic E-state index is -0.508. The maximum atomic E-state index is 8.88. The van der Waals surface area contributed by atoms with Gasteiger partial charge in [0, 0.05) is 50.2 Å². The predicted octanol–water partition coefficient (Wildman–Crippen LogP) is 11.9. The van der Waals surface area contributed by atoms with Crippen molar-refractivity contribution in [2.45, 2.75) is 39.5 Å². The molecular weight excluding hydrogens is 868 g/mol. The van der Waals surface area contributed by atoms with Gasteiger partial charge in [0.2, 0.25) is 0 Å². The molecular formula is C50H42AuN5-. The molecule has 279 valence electrons. The molecule has 0 saturated carbocycles. The number of imidazole rings is 3. The summed E-state index contributed by atoms with van der Waals surface area (Å²) in [5.41, 5.74) is 10.2. The van der Waals surface area contributed by atoms with Crippen LogP contribution in [0.15, 0.2) is 170 Å². The molecule has 3 heterocycles. The first-order valence-corrected chi connectivity index (χ1v) is 18.3. The molecule has 0 aliphatic rings. The van der Waals surface area contributed by atoms with E-state index in [1.165, 1.54) is 6.07 Å². The zero-order chi connectivity index (χ0) is 45.3. The van der Waals surface area contributed by atoms with Crippen molar-refractivity contribution in [1.29, 1.82) is 0 Å². The van der Waals surface area contributed by atoms with Gasteiger partial charge in [-0.05, 0) is 45.2 Å². The van der Waals surface area contributed by atoms with E-state index in [9.17, 15) is 0 Å². The Hall–Kier alpha value is -5.98. The zero-order valence-electron chi connectivity index (χ0n) is 40.2. The van der Waals surface area contributed by atoms with Crippen molar-refractivity contribution in [2.24, 2.45) is 0 Å². The summed E-state index contributed by atoms with van der Waals surface area (Å²) in [6.45, 7) is 8.54. The molecule has 0 bridgehead atoms. The van der Waals surface area contributed by atoms with Gasteiger partial charge in [-0.2, -0.15) is 0 Å². The van der Waals surface area contributed by atoms with Crippen molar-refractivity contribution in [2.75, 3.05) is 0 Å². The summed E-state index contributed by atoms with van der Waals surface area (Å²) < 4.78 is 82.6. The van der Waals surface area contributed by atoms with Crippen LogP contribution in [0.2, 0.25) is 0 Å². The third-order valence-corrected chi connectivity index (χ3v) is 9.88. The number of fused-ring (bicyclic) bond motifs is 6. The van der Waals surface area contributed by atoms with Gasteiger partial charge in [0.1, 0.15) is 0 Å². The molecule has 0 fully saturated rings.